The van der Waals surface area contributed by atoms with Gasteiger partial charge in [0.05, 0.1) is 25.6 Å². The van der Waals surface area contributed by atoms with Crippen molar-refractivity contribution >= 4 is 17.5 Å². The lowest BCUT2D eigenvalue weighted by Gasteiger charge is -2.10. The maximum atomic E-state index is 12.5. The van der Waals surface area contributed by atoms with Crippen LogP contribution in [-0.2, 0) is 22.7 Å². The number of hydrogen-bond acceptors (Lipinski definition) is 5. The maximum absolute atomic E-state index is 12.5. The van der Waals surface area contributed by atoms with E-state index in [9.17, 15) is 9.59 Å². The van der Waals surface area contributed by atoms with E-state index in [0.717, 1.165) is 5.69 Å². The van der Waals surface area contributed by atoms with Gasteiger partial charge in [-0.05, 0) is 36.4 Å². The highest BCUT2D eigenvalue weighted by molar-refractivity contribution is 6.18. The summed E-state index contributed by atoms with van der Waals surface area (Å²) in [7, 11) is 0. The molecule has 138 valence electrons. The fourth-order valence-corrected chi connectivity index (χ4v) is 2.28. The van der Waals surface area contributed by atoms with Crippen LogP contribution in [0.3, 0.4) is 0 Å². The average Bonchev–Trinajstić information content (AvgIpc) is 3.39. The van der Waals surface area contributed by atoms with Crippen LogP contribution in [0.15, 0.2) is 87.7 Å². The maximum Gasteiger partial charge on any atom is 0.258 e. The molecule has 3 rings (SSSR count). The summed E-state index contributed by atoms with van der Waals surface area (Å²) >= 11 is 0. The van der Waals surface area contributed by atoms with Crippen LogP contribution in [0.1, 0.15) is 11.5 Å². The number of nitrogens with one attached hydrogen (secondary N) is 3. The van der Waals surface area contributed by atoms with Crippen LogP contribution in [0.4, 0.5) is 5.69 Å². The van der Waals surface area contributed by atoms with Crippen LogP contribution < -0.4 is 16.0 Å². The Morgan fingerprint density at radius 2 is 1.33 bits per heavy atom. The lowest BCUT2D eigenvalue weighted by Crippen LogP contribution is -2.34. The lowest BCUT2D eigenvalue weighted by atomic mass is 10.2. The van der Waals surface area contributed by atoms with Crippen LogP contribution in [0.25, 0.3) is 0 Å². The summed E-state index contributed by atoms with van der Waals surface area (Å²) in [5.41, 5.74) is 0.699. The van der Waals surface area contributed by atoms with Gasteiger partial charge in [-0.25, -0.2) is 0 Å². The van der Waals surface area contributed by atoms with Gasteiger partial charge in [-0.2, -0.15) is 0 Å². The second-order valence-electron chi connectivity index (χ2n) is 5.59. The molecule has 0 saturated carbocycles. The number of amides is 2. The smallest absolute Gasteiger partial charge is 0.258 e. The molecule has 3 N–H and O–H groups in total. The molecule has 0 radical (unpaired) electrons. The Labute approximate surface area is 156 Å². The predicted octanol–water partition coefficient (Wildman–Crippen LogP) is 2.80. The van der Waals surface area contributed by atoms with Gasteiger partial charge < -0.3 is 24.8 Å². The predicted molar refractivity (Wildman–Crippen MR) is 99.3 cm³/mol. The van der Waals surface area contributed by atoms with Crippen molar-refractivity contribution in [2.24, 2.45) is 0 Å². The summed E-state index contributed by atoms with van der Waals surface area (Å²) in [6.45, 7) is 0.361. The quantitative estimate of drug-likeness (QED) is 0.324. The van der Waals surface area contributed by atoms with Gasteiger partial charge in [-0.3, -0.25) is 9.59 Å². The van der Waals surface area contributed by atoms with E-state index in [1.165, 1.54) is 18.7 Å². The van der Waals surface area contributed by atoms with Crippen molar-refractivity contribution in [2.45, 2.75) is 13.1 Å². The van der Waals surface area contributed by atoms with Gasteiger partial charge in [0.25, 0.3) is 11.8 Å². The molecule has 2 aromatic heterocycles. The summed E-state index contributed by atoms with van der Waals surface area (Å²) in [5, 5.41) is 8.30. The van der Waals surface area contributed by atoms with Crippen molar-refractivity contribution in [3.8, 4) is 0 Å². The standard InChI is InChI=1S/C20H19N3O4/c24-19(22-12-16-8-4-10-26-16)18(14-21-15-6-2-1-3-7-15)20(25)23-13-17-9-5-11-27-17/h1-11,14,21H,12-13H2,(H,22,24)(H,23,25). The van der Waals surface area contributed by atoms with E-state index < -0.39 is 11.8 Å². The Morgan fingerprint density at radius 3 is 1.81 bits per heavy atom. The minimum absolute atomic E-state index is 0.0584. The third kappa shape index (κ3) is 5.37. The highest BCUT2D eigenvalue weighted by atomic mass is 16.3. The molecule has 0 atom stereocenters. The minimum Gasteiger partial charge on any atom is -0.467 e. The second kappa shape index (κ2) is 9.10. The van der Waals surface area contributed by atoms with Gasteiger partial charge in [0.15, 0.2) is 0 Å². The number of carbonyl (C=O) groups excluding carboxylic acids is 2. The number of hydrogen-bond donors (Lipinski definition) is 3. The zero-order valence-corrected chi connectivity index (χ0v) is 14.5. The molecule has 2 heterocycles. The Hall–Kier alpha value is -3.74. The summed E-state index contributed by atoms with van der Waals surface area (Å²) in [6, 6.07) is 16.2. The first-order valence-electron chi connectivity index (χ1n) is 8.35. The second-order valence-corrected chi connectivity index (χ2v) is 5.59. The minimum atomic E-state index is -0.522. The molecule has 0 aliphatic carbocycles. The van der Waals surface area contributed by atoms with Gasteiger partial charge in [0.1, 0.15) is 17.1 Å². The van der Waals surface area contributed by atoms with Crippen molar-refractivity contribution in [3.63, 3.8) is 0 Å². The van der Waals surface area contributed by atoms with Gasteiger partial charge in [0, 0.05) is 11.9 Å². The highest BCUT2D eigenvalue weighted by Crippen LogP contribution is 2.08. The fraction of sp³-hybridized carbons (Fsp3) is 0.100. The Kier molecular flexibility index (Phi) is 6.08. The number of benzene rings is 1. The van der Waals surface area contributed by atoms with Gasteiger partial charge >= 0.3 is 0 Å². The summed E-state index contributed by atoms with van der Waals surface area (Å²) in [6.07, 6.45) is 4.42. The Balaban J connectivity index is 1.68. The molecule has 0 fully saturated rings. The summed E-state index contributed by atoms with van der Waals surface area (Å²) in [5.74, 6) is 0.142. The van der Waals surface area contributed by atoms with Crippen LogP contribution >= 0.6 is 0 Å². The normalized spacial score (nSPS) is 10.1. The average molecular weight is 365 g/mol. The van der Waals surface area contributed by atoms with Crippen molar-refractivity contribution in [3.05, 3.63) is 90.4 Å². The third-order valence-electron chi connectivity index (χ3n) is 3.65. The number of carbonyl (C=O) groups is 2. The Morgan fingerprint density at radius 1 is 0.778 bits per heavy atom. The molecule has 2 amide bonds. The molecular weight excluding hydrogens is 346 g/mol. The van der Waals surface area contributed by atoms with Crippen molar-refractivity contribution in [1.29, 1.82) is 0 Å². The molecule has 7 nitrogen and oxygen atoms in total. The van der Waals surface area contributed by atoms with E-state index in [4.69, 9.17) is 8.83 Å². The molecular formula is C20H19N3O4. The van der Waals surface area contributed by atoms with Crippen molar-refractivity contribution < 1.29 is 18.4 Å². The molecule has 0 saturated heterocycles. The van der Waals surface area contributed by atoms with E-state index in [2.05, 4.69) is 16.0 Å². The third-order valence-corrected chi connectivity index (χ3v) is 3.65. The highest BCUT2D eigenvalue weighted by Gasteiger charge is 2.18. The van der Waals surface area contributed by atoms with Crippen LogP contribution in [0.5, 0.6) is 0 Å². The number of anilines is 1. The van der Waals surface area contributed by atoms with Gasteiger partial charge in [-0.15, -0.1) is 0 Å². The van der Waals surface area contributed by atoms with E-state index in [1.807, 2.05) is 30.3 Å². The first-order chi connectivity index (χ1) is 13.2. The zero-order chi connectivity index (χ0) is 18.9. The molecule has 0 bridgehead atoms. The largest absolute Gasteiger partial charge is 0.467 e. The van der Waals surface area contributed by atoms with Gasteiger partial charge in [-0.1, -0.05) is 18.2 Å². The lowest BCUT2D eigenvalue weighted by molar-refractivity contribution is -0.123. The van der Waals surface area contributed by atoms with Crippen LogP contribution in [-0.4, -0.2) is 11.8 Å². The summed E-state index contributed by atoms with van der Waals surface area (Å²) < 4.78 is 10.4. The number of para-hydroxylation sites is 1. The first kappa shape index (κ1) is 18.1. The number of rotatable bonds is 8. The van der Waals surface area contributed by atoms with Crippen molar-refractivity contribution in [2.75, 3.05) is 5.32 Å². The number of furan rings is 2. The van der Waals surface area contributed by atoms with Crippen LogP contribution in [0, 0.1) is 0 Å². The van der Waals surface area contributed by atoms with Crippen LogP contribution in [0.2, 0.25) is 0 Å². The SMILES string of the molecule is O=C(NCc1ccco1)C(=CNc1ccccc1)C(=O)NCc1ccco1. The van der Waals surface area contributed by atoms with Gasteiger partial charge in [0.2, 0.25) is 0 Å². The van der Waals surface area contributed by atoms with E-state index in [0.29, 0.717) is 11.5 Å². The molecule has 0 aliphatic heterocycles. The Bertz CT molecular complexity index is 832. The molecule has 1 aromatic carbocycles. The first-order valence-corrected chi connectivity index (χ1v) is 8.35. The van der Waals surface area contributed by atoms with E-state index in [1.54, 1.807) is 24.3 Å². The molecule has 27 heavy (non-hydrogen) atoms. The molecule has 7 heteroatoms. The molecule has 0 spiro atoms. The fourth-order valence-electron chi connectivity index (χ4n) is 2.28. The van der Waals surface area contributed by atoms with E-state index >= 15 is 0 Å². The van der Waals surface area contributed by atoms with Crippen molar-refractivity contribution in [1.82, 2.24) is 10.6 Å². The molecule has 0 aliphatic rings. The molecule has 0 unspecified atom stereocenters. The molecule has 3 aromatic rings. The monoisotopic (exact) mass is 365 g/mol. The summed E-state index contributed by atoms with van der Waals surface area (Å²) in [4.78, 5) is 25.0. The topological polar surface area (TPSA) is 96.5 Å². The van der Waals surface area contributed by atoms with E-state index in [-0.39, 0.29) is 18.7 Å². The zero-order valence-electron chi connectivity index (χ0n) is 14.5.